The molecule has 0 atom stereocenters. The number of aldehydes is 1. The van der Waals surface area contributed by atoms with Gasteiger partial charge in [0.05, 0.1) is 5.56 Å². The molecule has 0 aromatic carbocycles. The van der Waals surface area contributed by atoms with Gasteiger partial charge < -0.3 is 0 Å². The number of hydrogen-bond donors (Lipinski definition) is 0. The first kappa shape index (κ1) is 7.70. The fraction of sp³-hybridized carbons (Fsp3) is 0. The van der Waals surface area contributed by atoms with E-state index in [-0.39, 0.29) is 10.7 Å². The van der Waals surface area contributed by atoms with Crippen LogP contribution in [0, 0.1) is 11.3 Å². The zero-order valence-electron chi connectivity index (χ0n) is 5.41. The summed E-state index contributed by atoms with van der Waals surface area (Å²) < 4.78 is 0. The molecule has 0 fully saturated rings. The second-order valence-electron chi connectivity index (χ2n) is 1.84. The molecule has 0 unspecified atom stereocenters. The van der Waals surface area contributed by atoms with Crippen molar-refractivity contribution in [3.63, 3.8) is 0 Å². The van der Waals surface area contributed by atoms with E-state index < -0.39 is 0 Å². The standard InChI is InChI=1S/C7H3ClN2O/c8-7-6(2-9)1-5(4-11)3-10-7/h1,3-4H. The lowest BCUT2D eigenvalue weighted by atomic mass is 10.2. The second-order valence-corrected chi connectivity index (χ2v) is 2.19. The lowest BCUT2D eigenvalue weighted by Gasteiger charge is -1.92. The maximum Gasteiger partial charge on any atom is 0.151 e. The van der Waals surface area contributed by atoms with E-state index in [1.54, 1.807) is 0 Å². The Morgan fingerprint density at radius 1 is 1.73 bits per heavy atom. The van der Waals surface area contributed by atoms with E-state index in [2.05, 4.69) is 4.98 Å². The zero-order chi connectivity index (χ0) is 8.27. The van der Waals surface area contributed by atoms with Crippen molar-refractivity contribution in [2.24, 2.45) is 0 Å². The van der Waals surface area contributed by atoms with E-state index >= 15 is 0 Å². The van der Waals surface area contributed by atoms with Crippen LogP contribution in [0.3, 0.4) is 0 Å². The number of pyridine rings is 1. The molecular weight excluding hydrogens is 164 g/mol. The number of aromatic nitrogens is 1. The first-order valence-corrected chi connectivity index (χ1v) is 3.16. The van der Waals surface area contributed by atoms with Gasteiger partial charge in [0.15, 0.2) is 6.29 Å². The van der Waals surface area contributed by atoms with Gasteiger partial charge >= 0.3 is 0 Å². The van der Waals surface area contributed by atoms with E-state index in [9.17, 15) is 4.79 Å². The third kappa shape index (κ3) is 1.54. The minimum absolute atomic E-state index is 0.123. The Labute approximate surface area is 68.2 Å². The molecule has 0 aliphatic rings. The molecule has 0 aliphatic heterocycles. The number of hydrogen-bond acceptors (Lipinski definition) is 3. The molecule has 0 spiro atoms. The maximum absolute atomic E-state index is 10.2. The quantitative estimate of drug-likeness (QED) is 0.468. The molecule has 1 rings (SSSR count). The molecule has 0 saturated carbocycles. The molecule has 54 valence electrons. The number of nitrogens with zero attached hydrogens (tertiary/aromatic N) is 2. The lowest BCUT2D eigenvalue weighted by molar-refractivity contribution is 0.112. The van der Waals surface area contributed by atoms with Gasteiger partial charge in [-0.15, -0.1) is 0 Å². The van der Waals surface area contributed by atoms with E-state index in [0.29, 0.717) is 11.8 Å². The van der Waals surface area contributed by atoms with Crippen LogP contribution in [0.15, 0.2) is 12.3 Å². The largest absolute Gasteiger partial charge is 0.298 e. The Morgan fingerprint density at radius 2 is 2.45 bits per heavy atom. The van der Waals surface area contributed by atoms with Crippen LogP contribution < -0.4 is 0 Å². The van der Waals surface area contributed by atoms with Crippen molar-refractivity contribution in [3.8, 4) is 6.07 Å². The van der Waals surface area contributed by atoms with Crippen LogP contribution in [0.25, 0.3) is 0 Å². The van der Waals surface area contributed by atoms with Gasteiger partial charge in [-0.25, -0.2) is 4.98 Å². The molecule has 1 heterocycles. The number of rotatable bonds is 1. The van der Waals surface area contributed by atoms with E-state index in [1.165, 1.54) is 12.3 Å². The number of carbonyl (C=O) groups is 1. The average Bonchev–Trinajstić information content (AvgIpc) is 2.05. The summed E-state index contributed by atoms with van der Waals surface area (Å²) in [5.74, 6) is 0. The van der Waals surface area contributed by atoms with Crippen molar-refractivity contribution in [3.05, 3.63) is 28.5 Å². The van der Waals surface area contributed by atoms with E-state index in [0.717, 1.165) is 0 Å². The molecule has 0 aliphatic carbocycles. The second kappa shape index (κ2) is 3.13. The number of carbonyl (C=O) groups excluding carboxylic acids is 1. The lowest BCUT2D eigenvalue weighted by Crippen LogP contribution is -1.86. The van der Waals surface area contributed by atoms with E-state index in [1.807, 2.05) is 6.07 Å². The molecule has 0 amide bonds. The molecule has 0 saturated heterocycles. The summed E-state index contributed by atoms with van der Waals surface area (Å²) in [5, 5.41) is 8.57. The SMILES string of the molecule is N#Cc1cc(C=O)cnc1Cl. The zero-order valence-corrected chi connectivity index (χ0v) is 6.17. The Hall–Kier alpha value is -1.40. The molecular formula is C7H3ClN2O. The molecule has 1 aromatic rings. The summed E-state index contributed by atoms with van der Waals surface area (Å²) >= 11 is 5.50. The summed E-state index contributed by atoms with van der Waals surface area (Å²) in [6, 6.07) is 3.21. The smallest absolute Gasteiger partial charge is 0.151 e. The van der Waals surface area contributed by atoms with Crippen LogP contribution in [0.2, 0.25) is 5.15 Å². The Balaban J connectivity index is 3.25. The predicted octanol–water partition coefficient (Wildman–Crippen LogP) is 1.42. The molecule has 1 aromatic heterocycles. The van der Waals surface area contributed by atoms with Gasteiger partial charge in [-0.05, 0) is 6.07 Å². The Morgan fingerprint density at radius 3 is 3.00 bits per heavy atom. The van der Waals surface area contributed by atoms with Crippen molar-refractivity contribution in [1.82, 2.24) is 4.98 Å². The van der Waals surface area contributed by atoms with Crippen LogP contribution in [-0.2, 0) is 0 Å². The molecule has 0 N–H and O–H groups in total. The van der Waals surface area contributed by atoms with Crippen LogP contribution in [0.1, 0.15) is 15.9 Å². The summed E-state index contributed by atoms with van der Waals surface area (Å²) in [6.07, 6.45) is 1.93. The van der Waals surface area contributed by atoms with Gasteiger partial charge in [-0.2, -0.15) is 5.26 Å². The van der Waals surface area contributed by atoms with Crippen LogP contribution >= 0.6 is 11.6 Å². The molecule has 11 heavy (non-hydrogen) atoms. The van der Waals surface area contributed by atoms with Gasteiger partial charge in [0.2, 0.25) is 0 Å². The molecule has 0 radical (unpaired) electrons. The summed E-state index contributed by atoms with van der Waals surface area (Å²) in [6.45, 7) is 0. The topological polar surface area (TPSA) is 53.8 Å². The molecule has 3 nitrogen and oxygen atoms in total. The van der Waals surface area contributed by atoms with Gasteiger partial charge in [0.25, 0.3) is 0 Å². The first-order chi connectivity index (χ1) is 5.27. The highest BCUT2D eigenvalue weighted by atomic mass is 35.5. The third-order valence-electron chi connectivity index (χ3n) is 1.12. The third-order valence-corrected chi connectivity index (χ3v) is 1.42. The summed E-state index contributed by atoms with van der Waals surface area (Å²) in [5.41, 5.74) is 0.571. The van der Waals surface area contributed by atoms with Crippen molar-refractivity contribution in [2.75, 3.05) is 0 Å². The minimum atomic E-state index is 0.123. The van der Waals surface area contributed by atoms with Crippen molar-refractivity contribution in [1.29, 1.82) is 5.26 Å². The van der Waals surface area contributed by atoms with Gasteiger partial charge in [-0.1, -0.05) is 11.6 Å². The van der Waals surface area contributed by atoms with Crippen LogP contribution in [0.4, 0.5) is 0 Å². The van der Waals surface area contributed by atoms with Crippen molar-refractivity contribution >= 4 is 17.9 Å². The van der Waals surface area contributed by atoms with Gasteiger partial charge in [0, 0.05) is 11.8 Å². The Kier molecular flexibility index (Phi) is 2.19. The molecule has 0 bridgehead atoms. The van der Waals surface area contributed by atoms with Crippen LogP contribution in [0.5, 0.6) is 0 Å². The summed E-state index contributed by atoms with van der Waals surface area (Å²) in [4.78, 5) is 13.8. The number of nitriles is 1. The number of halogens is 1. The van der Waals surface area contributed by atoms with Crippen molar-refractivity contribution in [2.45, 2.75) is 0 Å². The predicted molar refractivity (Wildman–Crippen MR) is 39.3 cm³/mol. The highest BCUT2D eigenvalue weighted by Crippen LogP contribution is 2.11. The molecule has 4 heteroatoms. The van der Waals surface area contributed by atoms with Gasteiger partial charge in [-0.3, -0.25) is 4.79 Å². The summed E-state index contributed by atoms with van der Waals surface area (Å²) in [7, 11) is 0. The maximum atomic E-state index is 10.2. The van der Waals surface area contributed by atoms with Crippen LogP contribution in [-0.4, -0.2) is 11.3 Å². The normalized spacial score (nSPS) is 8.73. The highest BCUT2D eigenvalue weighted by Gasteiger charge is 2.00. The fourth-order valence-corrected chi connectivity index (χ4v) is 0.753. The van der Waals surface area contributed by atoms with E-state index in [4.69, 9.17) is 16.9 Å². The Bertz CT molecular complexity index is 330. The monoisotopic (exact) mass is 166 g/mol. The fourth-order valence-electron chi connectivity index (χ4n) is 0.607. The van der Waals surface area contributed by atoms with Gasteiger partial charge in [0.1, 0.15) is 11.2 Å². The highest BCUT2D eigenvalue weighted by molar-refractivity contribution is 6.30. The average molecular weight is 167 g/mol. The first-order valence-electron chi connectivity index (χ1n) is 2.78. The van der Waals surface area contributed by atoms with Crippen molar-refractivity contribution < 1.29 is 4.79 Å². The minimum Gasteiger partial charge on any atom is -0.298 e.